The van der Waals surface area contributed by atoms with Crippen molar-refractivity contribution in [3.8, 4) is 17.9 Å². The van der Waals surface area contributed by atoms with Crippen molar-refractivity contribution in [3.63, 3.8) is 0 Å². The first-order chi connectivity index (χ1) is 17.1. The van der Waals surface area contributed by atoms with Crippen molar-refractivity contribution in [2.45, 2.75) is 45.6 Å². The normalized spacial score (nSPS) is 11.6. The summed E-state index contributed by atoms with van der Waals surface area (Å²) in [4.78, 5) is 25.1. The summed E-state index contributed by atoms with van der Waals surface area (Å²) in [6, 6.07) is 14.8. The average Bonchev–Trinajstić information content (AvgIpc) is 3.19. The van der Waals surface area contributed by atoms with E-state index < -0.39 is 5.60 Å². The lowest BCUT2D eigenvalue weighted by Gasteiger charge is -2.19. The van der Waals surface area contributed by atoms with Gasteiger partial charge in [0, 0.05) is 40.0 Å². The Morgan fingerprint density at radius 1 is 1.11 bits per heavy atom. The number of aromatic nitrogens is 1. The Morgan fingerprint density at radius 3 is 2.50 bits per heavy atom. The molecule has 184 valence electrons. The second kappa shape index (κ2) is 11.2. The van der Waals surface area contributed by atoms with Crippen LogP contribution in [0.4, 0.5) is 0 Å². The fraction of sp³-hybridized carbons (Fsp3) is 0.286. The summed E-state index contributed by atoms with van der Waals surface area (Å²) in [6.07, 6.45) is 3.91. The van der Waals surface area contributed by atoms with Gasteiger partial charge in [-0.05, 0) is 69.7 Å². The van der Waals surface area contributed by atoms with E-state index in [4.69, 9.17) is 9.47 Å². The van der Waals surface area contributed by atoms with Crippen molar-refractivity contribution in [2.24, 2.45) is 0 Å². The number of ether oxygens (including phenoxy) is 2. The maximum atomic E-state index is 13.1. The van der Waals surface area contributed by atoms with E-state index in [-0.39, 0.29) is 24.7 Å². The van der Waals surface area contributed by atoms with Gasteiger partial charge in [0.2, 0.25) is 5.91 Å². The van der Waals surface area contributed by atoms with Gasteiger partial charge >= 0.3 is 5.97 Å². The largest absolute Gasteiger partial charge is 0.496 e. The number of hydrogen-bond acceptors (Lipinski definition) is 6. The molecule has 0 spiro atoms. The number of hydrogen-bond donors (Lipinski definition) is 0. The lowest BCUT2D eigenvalue weighted by molar-refractivity contribution is -0.154. The first-order valence-corrected chi connectivity index (χ1v) is 12.1. The molecular formula is C28H26BrN3O4. The Bertz CT molecular complexity index is 1430. The zero-order valence-electron chi connectivity index (χ0n) is 20.6. The maximum Gasteiger partial charge on any atom is 0.306 e. The van der Waals surface area contributed by atoms with Gasteiger partial charge in [-0.1, -0.05) is 15.9 Å². The van der Waals surface area contributed by atoms with Crippen LogP contribution in [-0.4, -0.2) is 29.2 Å². The zero-order valence-corrected chi connectivity index (χ0v) is 22.2. The fourth-order valence-corrected chi connectivity index (χ4v) is 4.12. The minimum Gasteiger partial charge on any atom is -0.496 e. The van der Waals surface area contributed by atoms with Gasteiger partial charge in [-0.2, -0.15) is 10.5 Å². The van der Waals surface area contributed by atoms with Crippen LogP contribution in [0.3, 0.4) is 0 Å². The van der Waals surface area contributed by atoms with Gasteiger partial charge in [0.25, 0.3) is 0 Å². The second-order valence-electron chi connectivity index (χ2n) is 9.15. The summed E-state index contributed by atoms with van der Waals surface area (Å²) in [5.74, 6) is -0.0242. The van der Waals surface area contributed by atoms with E-state index in [0.717, 1.165) is 4.47 Å². The number of halogens is 1. The molecule has 0 saturated carbocycles. The monoisotopic (exact) mass is 547 g/mol. The molecule has 0 aliphatic rings. The molecule has 0 saturated heterocycles. The highest BCUT2D eigenvalue weighted by Gasteiger charge is 2.19. The third-order valence-electron chi connectivity index (χ3n) is 5.30. The summed E-state index contributed by atoms with van der Waals surface area (Å²) in [5, 5.41) is 20.0. The standard InChI is InChI=1S/C28H26BrN3O4/c1-28(2,3)36-27(34)7-5-6-26(33)32-17-23(22-14-21(29)9-10-24(22)32)20(16-31)13-19-12-18(15-30)8-11-25(19)35-4/h8-14,17H,5-7H2,1-4H3/b20-13+. The Morgan fingerprint density at radius 2 is 1.86 bits per heavy atom. The van der Waals surface area contributed by atoms with Crippen molar-refractivity contribution in [1.29, 1.82) is 10.5 Å². The molecule has 3 aromatic rings. The van der Waals surface area contributed by atoms with Crippen LogP contribution in [0.15, 0.2) is 47.1 Å². The molecule has 0 amide bonds. The maximum absolute atomic E-state index is 13.1. The molecule has 36 heavy (non-hydrogen) atoms. The number of nitriles is 2. The van der Waals surface area contributed by atoms with E-state index >= 15 is 0 Å². The van der Waals surface area contributed by atoms with Crippen LogP contribution in [0.1, 0.15) is 61.5 Å². The number of methoxy groups -OCH3 is 1. The molecule has 1 heterocycles. The van der Waals surface area contributed by atoms with E-state index in [1.807, 2.05) is 12.1 Å². The molecule has 1 aromatic heterocycles. The van der Waals surface area contributed by atoms with Crippen molar-refractivity contribution >= 4 is 50.4 Å². The van der Waals surface area contributed by atoms with E-state index in [1.54, 1.807) is 57.3 Å². The number of fused-ring (bicyclic) bond motifs is 1. The molecule has 0 atom stereocenters. The first kappa shape index (κ1) is 26.7. The first-order valence-electron chi connectivity index (χ1n) is 11.3. The van der Waals surface area contributed by atoms with Gasteiger partial charge in [-0.15, -0.1) is 0 Å². The third kappa shape index (κ3) is 6.41. The summed E-state index contributed by atoms with van der Waals surface area (Å²) < 4.78 is 13.0. The smallest absolute Gasteiger partial charge is 0.306 e. The highest BCUT2D eigenvalue weighted by Crippen LogP contribution is 2.33. The third-order valence-corrected chi connectivity index (χ3v) is 5.79. The number of nitrogens with zero attached hydrogens (tertiary/aromatic N) is 3. The predicted molar refractivity (Wildman–Crippen MR) is 141 cm³/mol. The Kier molecular flexibility index (Phi) is 8.34. The Balaban J connectivity index is 1.98. The minimum atomic E-state index is -0.574. The molecule has 8 heteroatoms. The van der Waals surface area contributed by atoms with Crippen molar-refractivity contribution in [3.05, 3.63) is 63.8 Å². The minimum absolute atomic E-state index is 0.138. The number of carbonyl (C=O) groups excluding carboxylic acids is 2. The van der Waals surface area contributed by atoms with E-state index in [9.17, 15) is 20.1 Å². The number of esters is 1. The quantitative estimate of drug-likeness (QED) is 0.247. The topological polar surface area (TPSA) is 105 Å². The lowest BCUT2D eigenvalue weighted by atomic mass is 10.0. The summed E-state index contributed by atoms with van der Waals surface area (Å²) in [5.41, 5.74) is 1.97. The number of allylic oxidation sites excluding steroid dienone is 1. The van der Waals surface area contributed by atoms with Gasteiger partial charge < -0.3 is 9.47 Å². The van der Waals surface area contributed by atoms with Gasteiger partial charge in [0.1, 0.15) is 11.4 Å². The van der Waals surface area contributed by atoms with Crippen molar-refractivity contribution in [1.82, 2.24) is 4.57 Å². The molecule has 0 unspecified atom stereocenters. The fourth-order valence-electron chi connectivity index (χ4n) is 3.76. The van der Waals surface area contributed by atoms with Crippen LogP contribution in [0.2, 0.25) is 0 Å². The lowest BCUT2D eigenvalue weighted by Crippen LogP contribution is -2.23. The van der Waals surface area contributed by atoms with Gasteiger partial charge in [0.05, 0.1) is 35.9 Å². The van der Waals surface area contributed by atoms with Gasteiger partial charge in [0.15, 0.2) is 0 Å². The Hall–Kier alpha value is -3.88. The average molecular weight is 548 g/mol. The number of benzene rings is 2. The number of carbonyl (C=O) groups is 2. The molecule has 0 bridgehead atoms. The molecule has 0 fully saturated rings. The van der Waals surface area contributed by atoms with Crippen molar-refractivity contribution < 1.29 is 19.1 Å². The molecule has 3 rings (SSSR count). The summed E-state index contributed by atoms with van der Waals surface area (Å²) in [7, 11) is 1.52. The SMILES string of the molecule is COc1ccc(C#N)cc1/C=C(\C#N)c1cn(C(=O)CCCC(=O)OC(C)(C)C)c2ccc(Br)cc12. The molecular weight excluding hydrogens is 522 g/mol. The highest BCUT2D eigenvalue weighted by atomic mass is 79.9. The zero-order chi connectivity index (χ0) is 26.5. The van der Waals surface area contributed by atoms with Crippen LogP contribution in [0.5, 0.6) is 5.75 Å². The summed E-state index contributed by atoms with van der Waals surface area (Å²) in [6.45, 7) is 5.40. The molecule has 2 aromatic carbocycles. The van der Waals surface area contributed by atoms with Crippen LogP contribution >= 0.6 is 15.9 Å². The number of rotatable bonds is 7. The second-order valence-corrected chi connectivity index (χ2v) is 10.1. The van der Waals surface area contributed by atoms with Crippen LogP contribution in [0, 0.1) is 22.7 Å². The molecule has 0 radical (unpaired) electrons. The van der Waals surface area contributed by atoms with E-state index in [0.29, 0.717) is 45.3 Å². The van der Waals surface area contributed by atoms with Crippen LogP contribution in [-0.2, 0) is 9.53 Å². The molecule has 7 nitrogen and oxygen atoms in total. The van der Waals surface area contributed by atoms with Gasteiger partial charge in [-0.25, -0.2) is 0 Å². The molecule has 0 N–H and O–H groups in total. The predicted octanol–water partition coefficient (Wildman–Crippen LogP) is 6.50. The van der Waals surface area contributed by atoms with E-state index in [2.05, 4.69) is 28.1 Å². The summed E-state index contributed by atoms with van der Waals surface area (Å²) >= 11 is 3.47. The molecule has 0 aliphatic heterocycles. The van der Waals surface area contributed by atoms with Crippen LogP contribution < -0.4 is 4.74 Å². The highest BCUT2D eigenvalue weighted by molar-refractivity contribution is 9.10. The molecule has 0 aliphatic carbocycles. The Labute approximate surface area is 218 Å². The van der Waals surface area contributed by atoms with Crippen LogP contribution in [0.25, 0.3) is 22.6 Å². The van der Waals surface area contributed by atoms with Gasteiger partial charge in [-0.3, -0.25) is 14.2 Å². The van der Waals surface area contributed by atoms with E-state index in [1.165, 1.54) is 11.7 Å². The van der Waals surface area contributed by atoms with Crippen molar-refractivity contribution in [2.75, 3.05) is 7.11 Å².